The number of aryl methyl sites for hydroxylation is 1. The number of rotatable bonds is 8. The van der Waals surface area contributed by atoms with Crippen LogP contribution in [-0.2, 0) is 19.1 Å². The number of nitrogens with one attached hydrogen (secondary N) is 1. The number of imide groups is 1. The Hall–Kier alpha value is -3.59. The summed E-state index contributed by atoms with van der Waals surface area (Å²) in [6.45, 7) is 3.85. The Morgan fingerprint density at radius 1 is 0.972 bits per heavy atom. The Bertz CT molecular complexity index is 1150. The lowest BCUT2D eigenvalue weighted by molar-refractivity contribution is -0.152. The van der Waals surface area contributed by atoms with Crippen molar-refractivity contribution >= 4 is 23.5 Å². The van der Waals surface area contributed by atoms with E-state index >= 15 is 0 Å². The number of hydrogen-bond donors (Lipinski definition) is 1. The second kappa shape index (κ2) is 9.81. The topological polar surface area (TPSA) is 103 Å². The summed E-state index contributed by atoms with van der Waals surface area (Å²) in [5.41, 5.74) is 0.743. The van der Waals surface area contributed by atoms with Crippen molar-refractivity contribution in [3.05, 3.63) is 47.5 Å². The first-order chi connectivity index (χ1) is 17.3. The van der Waals surface area contributed by atoms with E-state index < -0.39 is 35.3 Å². The second-order valence-corrected chi connectivity index (χ2v) is 9.14. The standard InChI is InChI=1S/C27H32N2O7/c1-7-12-27(26(32)36-6)21-20(24(30)29(25(21)31)17-10-8-15(2)9-11-17)22(28-27)16-13-18(33-3)23(35-5)19(14-16)34-4/h8-11,13-14,20-22,28H,7,12H2,1-6H3/t20-,21+,22-,27+/m1/s1. The molecule has 2 aliphatic heterocycles. The molecule has 1 N–H and O–H groups in total. The molecule has 0 unspecified atom stereocenters. The van der Waals surface area contributed by atoms with Crippen molar-refractivity contribution in [2.24, 2.45) is 11.8 Å². The van der Waals surface area contributed by atoms with Crippen molar-refractivity contribution in [2.75, 3.05) is 33.3 Å². The molecule has 9 heteroatoms. The summed E-state index contributed by atoms with van der Waals surface area (Å²) in [7, 11) is 5.81. The van der Waals surface area contributed by atoms with Crippen molar-refractivity contribution in [3.63, 3.8) is 0 Å². The van der Waals surface area contributed by atoms with Gasteiger partial charge in [-0.1, -0.05) is 31.0 Å². The molecule has 36 heavy (non-hydrogen) atoms. The van der Waals surface area contributed by atoms with Crippen LogP contribution in [-0.4, -0.2) is 51.8 Å². The van der Waals surface area contributed by atoms with Crippen LogP contribution in [0.1, 0.15) is 36.9 Å². The Kier molecular flexibility index (Phi) is 6.95. The van der Waals surface area contributed by atoms with Crippen molar-refractivity contribution in [1.29, 1.82) is 0 Å². The van der Waals surface area contributed by atoms with Crippen molar-refractivity contribution in [1.82, 2.24) is 5.32 Å². The fraction of sp³-hybridized carbons (Fsp3) is 0.444. The number of anilines is 1. The number of hydrogen-bond acceptors (Lipinski definition) is 8. The fourth-order valence-electron chi connectivity index (χ4n) is 5.61. The first kappa shape index (κ1) is 25.5. The van der Waals surface area contributed by atoms with E-state index in [-0.39, 0.29) is 5.91 Å². The second-order valence-electron chi connectivity index (χ2n) is 9.14. The van der Waals surface area contributed by atoms with E-state index in [0.29, 0.717) is 41.3 Å². The van der Waals surface area contributed by atoms with Gasteiger partial charge < -0.3 is 18.9 Å². The molecule has 0 aliphatic carbocycles. The molecule has 192 valence electrons. The van der Waals surface area contributed by atoms with Gasteiger partial charge in [0.15, 0.2) is 11.5 Å². The quantitative estimate of drug-likeness (QED) is 0.439. The number of amides is 2. The highest BCUT2D eigenvalue weighted by Crippen LogP contribution is 2.53. The largest absolute Gasteiger partial charge is 0.493 e. The van der Waals surface area contributed by atoms with Crippen molar-refractivity contribution in [2.45, 2.75) is 38.3 Å². The normalized spacial score (nSPS) is 25.1. The fourth-order valence-corrected chi connectivity index (χ4v) is 5.61. The molecule has 0 radical (unpaired) electrons. The number of ether oxygens (including phenoxy) is 4. The summed E-state index contributed by atoms with van der Waals surface area (Å²) >= 11 is 0. The molecule has 2 aromatic rings. The van der Waals surface area contributed by atoms with Crippen LogP contribution in [0.3, 0.4) is 0 Å². The van der Waals surface area contributed by atoms with Gasteiger partial charge in [-0.15, -0.1) is 0 Å². The van der Waals surface area contributed by atoms with Gasteiger partial charge in [-0.05, 0) is 43.2 Å². The van der Waals surface area contributed by atoms with E-state index in [2.05, 4.69) is 5.32 Å². The van der Waals surface area contributed by atoms with E-state index in [1.54, 1.807) is 24.3 Å². The van der Waals surface area contributed by atoms with E-state index in [1.807, 2.05) is 26.0 Å². The highest BCUT2D eigenvalue weighted by molar-refractivity contribution is 6.24. The van der Waals surface area contributed by atoms with Crippen LogP contribution in [0.15, 0.2) is 36.4 Å². The molecular weight excluding hydrogens is 464 g/mol. The molecule has 4 atom stereocenters. The van der Waals surface area contributed by atoms with Crippen LogP contribution >= 0.6 is 0 Å². The van der Waals surface area contributed by atoms with Gasteiger partial charge in [0.05, 0.1) is 46.0 Å². The zero-order chi connectivity index (χ0) is 26.2. The maximum atomic E-state index is 13.9. The minimum atomic E-state index is -1.37. The molecule has 2 aromatic carbocycles. The number of carbonyl (C=O) groups excluding carboxylic acids is 3. The van der Waals surface area contributed by atoms with Gasteiger partial charge in [0, 0.05) is 6.04 Å². The molecule has 2 amide bonds. The first-order valence-electron chi connectivity index (χ1n) is 11.9. The van der Waals surface area contributed by atoms with E-state index in [4.69, 9.17) is 18.9 Å². The van der Waals surface area contributed by atoms with Crippen LogP contribution in [0.2, 0.25) is 0 Å². The zero-order valence-corrected chi connectivity index (χ0v) is 21.4. The third-order valence-electron chi connectivity index (χ3n) is 7.19. The summed E-state index contributed by atoms with van der Waals surface area (Å²) in [5.74, 6) is -1.93. The highest BCUT2D eigenvalue weighted by Gasteiger charge is 2.68. The average molecular weight is 497 g/mol. The zero-order valence-electron chi connectivity index (χ0n) is 21.4. The van der Waals surface area contributed by atoms with Gasteiger partial charge in [0.25, 0.3) is 0 Å². The Morgan fingerprint density at radius 3 is 2.08 bits per heavy atom. The molecule has 0 bridgehead atoms. The van der Waals surface area contributed by atoms with Gasteiger partial charge in [-0.2, -0.15) is 0 Å². The van der Waals surface area contributed by atoms with Crippen LogP contribution in [0.4, 0.5) is 5.69 Å². The van der Waals surface area contributed by atoms with Gasteiger partial charge in [-0.3, -0.25) is 19.7 Å². The van der Waals surface area contributed by atoms with Crippen LogP contribution < -0.4 is 24.4 Å². The average Bonchev–Trinajstić information content (AvgIpc) is 3.37. The number of esters is 1. The SMILES string of the molecule is CCC[C@]1(C(=O)OC)N[C@H](c2cc(OC)c(OC)c(OC)c2)[C@@H]2C(=O)N(c3ccc(C)cc3)C(=O)[C@H]21. The third kappa shape index (κ3) is 3.78. The minimum Gasteiger partial charge on any atom is -0.493 e. The maximum absolute atomic E-state index is 13.9. The summed E-state index contributed by atoms with van der Waals surface area (Å²) in [5, 5.41) is 3.36. The van der Waals surface area contributed by atoms with Crippen molar-refractivity contribution in [3.8, 4) is 17.2 Å². The van der Waals surface area contributed by atoms with Crippen molar-refractivity contribution < 1.29 is 33.3 Å². The lowest BCUT2D eigenvalue weighted by Crippen LogP contribution is -2.56. The predicted octanol–water partition coefficient (Wildman–Crippen LogP) is 3.18. The van der Waals surface area contributed by atoms with Gasteiger partial charge in [-0.25, -0.2) is 4.90 Å². The molecular formula is C27H32N2O7. The maximum Gasteiger partial charge on any atom is 0.326 e. The third-order valence-corrected chi connectivity index (χ3v) is 7.19. The Morgan fingerprint density at radius 2 is 1.58 bits per heavy atom. The summed E-state index contributed by atoms with van der Waals surface area (Å²) in [6.07, 6.45) is 0.918. The van der Waals surface area contributed by atoms with Gasteiger partial charge >= 0.3 is 5.97 Å². The molecule has 0 aromatic heterocycles. The lowest BCUT2D eigenvalue weighted by Gasteiger charge is -2.32. The molecule has 0 spiro atoms. The van der Waals surface area contributed by atoms with Crippen LogP contribution in [0, 0.1) is 18.8 Å². The summed E-state index contributed by atoms with van der Waals surface area (Å²) in [6, 6.07) is 9.98. The monoisotopic (exact) mass is 496 g/mol. The number of nitrogens with zero attached hydrogens (tertiary/aromatic N) is 1. The molecule has 2 fully saturated rings. The number of carbonyl (C=O) groups is 3. The minimum absolute atomic E-state index is 0.322. The van der Waals surface area contributed by atoms with Crippen LogP contribution in [0.5, 0.6) is 17.2 Å². The van der Waals surface area contributed by atoms with E-state index in [9.17, 15) is 14.4 Å². The molecule has 2 aliphatic rings. The molecule has 2 saturated heterocycles. The van der Waals surface area contributed by atoms with E-state index in [0.717, 1.165) is 5.56 Å². The predicted molar refractivity (Wildman–Crippen MR) is 132 cm³/mol. The molecule has 9 nitrogen and oxygen atoms in total. The van der Waals surface area contributed by atoms with Crippen LogP contribution in [0.25, 0.3) is 0 Å². The number of benzene rings is 2. The van der Waals surface area contributed by atoms with Gasteiger partial charge in [0.2, 0.25) is 17.6 Å². The Balaban J connectivity index is 1.90. The number of fused-ring (bicyclic) bond motifs is 1. The summed E-state index contributed by atoms with van der Waals surface area (Å²) in [4.78, 5) is 42.3. The lowest BCUT2D eigenvalue weighted by atomic mass is 9.77. The van der Waals surface area contributed by atoms with Gasteiger partial charge in [0.1, 0.15) is 5.54 Å². The summed E-state index contributed by atoms with van der Waals surface area (Å²) < 4.78 is 21.7. The smallest absolute Gasteiger partial charge is 0.326 e. The molecule has 4 rings (SSSR count). The first-order valence-corrected chi connectivity index (χ1v) is 11.9. The number of methoxy groups -OCH3 is 4. The van der Waals surface area contributed by atoms with E-state index in [1.165, 1.54) is 33.3 Å². The highest BCUT2D eigenvalue weighted by atomic mass is 16.5. The molecule has 2 heterocycles. The Labute approximate surface area is 210 Å². The molecule has 0 saturated carbocycles.